The lowest BCUT2D eigenvalue weighted by molar-refractivity contribution is 0.669. The monoisotopic (exact) mass is 746 g/mol. The molecule has 0 fully saturated rings. The molecule has 0 aliphatic heterocycles. The summed E-state index contributed by atoms with van der Waals surface area (Å²) in [4.78, 5) is 14.7. The molecule has 0 saturated heterocycles. The predicted molar refractivity (Wildman–Crippen MR) is 236 cm³/mol. The van der Waals surface area contributed by atoms with Crippen LogP contribution >= 0.6 is 11.3 Å². The molecule has 12 rings (SSSR count). The van der Waals surface area contributed by atoms with Crippen LogP contribution < -0.4 is 0 Å². The number of aromatic nitrogens is 4. The van der Waals surface area contributed by atoms with Gasteiger partial charge in [-0.05, 0) is 71.8 Å². The van der Waals surface area contributed by atoms with Crippen LogP contribution in [0.15, 0.2) is 186 Å². The number of hydrogen-bond donors (Lipinski definition) is 0. The van der Waals surface area contributed by atoms with E-state index in [4.69, 9.17) is 19.4 Å². The lowest BCUT2D eigenvalue weighted by Crippen LogP contribution is -2.00. The fourth-order valence-corrected chi connectivity index (χ4v) is 9.50. The van der Waals surface area contributed by atoms with Crippen LogP contribution in [-0.2, 0) is 0 Å². The number of rotatable bonds is 5. The van der Waals surface area contributed by atoms with Crippen LogP contribution in [0.3, 0.4) is 0 Å². The average molecular weight is 747 g/mol. The Hall–Kier alpha value is -7.41. The highest BCUT2D eigenvalue weighted by atomic mass is 32.1. The van der Waals surface area contributed by atoms with Crippen molar-refractivity contribution in [2.24, 2.45) is 0 Å². The molecule has 4 aromatic heterocycles. The zero-order chi connectivity index (χ0) is 37.5. The molecule has 0 unspecified atom stereocenters. The zero-order valence-electron chi connectivity index (χ0n) is 30.4. The molecule has 12 aromatic rings. The minimum atomic E-state index is 0.599. The van der Waals surface area contributed by atoms with Crippen LogP contribution in [0.1, 0.15) is 0 Å². The molecule has 0 atom stereocenters. The quantitative estimate of drug-likeness (QED) is 0.176. The number of thiophene rings is 1. The molecule has 0 aliphatic rings. The van der Waals surface area contributed by atoms with Crippen molar-refractivity contribution in [2.45, 2.75) is 0 Å². The summed E-state index contributed by atoms with van der Waals surface area (Å²) >= 11 is 1.85. The van der Waals surface area contributed by atoms with Crippen molar-refractivity contribution in [1.82, 2.24) is 19.5 Å². The van der Waals surface area contributed by atoms with Gasteiger partial charge >= 0.3 is 0 Å². The van der Waals surface area contributed by atoms with Gasteiger partial charge in [0.1, 0.15) is 11.2 Å². The topological polar surface area (TPSA) is 56.7 Å². The SMILES string of the molecule is c1ccc(-c2nc(-c3ccccc3)nc(-c3ccc4c(c3)oc3ccc(-c5ccc6sc7cccc(-n8c9ccccc9c9ccccc98)c7c6c5)cc34)n2)cc1. The van der Waals surface area contributed by atoms with Gasteiger partial charge in [0.2, 0.25) is 0 Å². The maximum Gasteiger partial charge on any atom is 0.164 e. The second-order valence-electron chi connectivity index (χ2n) is 14.4. The number of benzene rings is 8. The summed E-state index contributed by atoms with van der Waals surface area (Å²) in [5.41, 5.74) is 10.3. The van der Waals surface area contributed by atoms with Crippen LogP contribution in [0.2, 0.25) is 0 Å². The summed E-state index contributed by atoms with van der Waals surface area (Å²) in [5.74, 6) is 1.86. The summed E-state index contributed by atoms with van der Waals surface area (Å²) in [6.45, 7) is 0. The third-order valence-electron chi connectivity index (χ3n) is 11.1. The first kappa shape index (κ1) is 31.9. The van der Waals surface area contributed by atoms with Crippen LogP contribution in [0.25, 0.3) is 115 Å². The average Bonchev–Trinajstić information content (AvgIpc) is 3.95. The molecule has 6 heteroatoms. The molecule has 0 amide bonds. The van der Waals surface area contributed by atoms with E-state index < -0.39 is 0 Å². The summed E-state index contributed by atoms with van der Waals surface area (Å²) in [7, 11) is 0. The van der Waals surface area contributed by atoms with E-state index in [-0.39, 0.29) is 0 Å². The van der Waals surface area contributed by atoms with Gasteiger partial charge in [-0.15, -0.1) is 11.3 Å². The van der Waals surface area contributed by atoms with E-state index >= 15 is 0 Å². The van der Waals surface area contributed by atoms with Crippen LogP contribution in [-0.4, -0.2) is 19.5 Å². The molecule has 266 valence electrons. The fraction of sp³-hybridized carbons (Fsp3) is 0. The molecule has 0 saturated carbocycles. The molecule has 0 radical (unpaired) electrons. The summed E-state index contributed by atoms with van der Waals surface area (Å²) in [6, 6.07) is 63.9. The lowest BCUT2D eigenvalue weighted by Gasteiger charge is -2.10. The van der Waals surface area contributed by atoms with Crippen molar-refractivity contribution in [2.75, 3.05) is 0 Å². The molecule has 0 spiro atoms. The maximum absolute atomic E-state index is 6.51. The molecule has 0 N–H and O–H groups in total. The van der Waals surface area contributed by atoms with E-state index in [2.05, 4.69) is 120 Å². The minimum absolute atomic E-state index is 0.599. The first-order valence-electron chi connectivity index (χ1n) is 19.0. The Balaban J connectivity index is 0.977. The highest BCUT2D eigenvalue weighted by Crippen LogP contribution is 2.43. The number of hydrogen-bond acceptors (Lipinski definition) is 5. The second-order valence-corrected chi connectivity index (χ2v) is 15.5. The fourth-order valence-electron chi connectivity index (χ4n) is 8.39. The van der Waals surface area contributed by atoms with Crippen molar-refractivity contribution < 1.29 is 4.42 Å². The molecule has 57 heavy (non-hydrogen) atoms. The normalized spacial score (nSPS) is 11.9. The molecule has 0 aliphatic carbocycles. The van der Waals surface area contributed by atoms with Gasteiger partial charge in [0, 0.05) is 58.4 Å². The van der Waals surface area contributed by atoms with Gasteiger partial charge in [-0.3, -0.25) is 0 Å². The zero-order valence-corrected chi connectivity index (χ0v) is 31.2. The summed E-state index contributed by atoms with van der Waals surface area (Å²) < 4.78 is 11.5. The molecular formula is C51H30N4OS. The van der Waals surface area contributed by atoms with Crippen LogP contribution in [0, 0.1) is 0 Å². The van der Waals surface area contributed by atoms with E-state index in [0.29, 0.717) is 17.5 Å². The Morgan fingerprint density at radius 3 is 1.63 bits per heavy atom. The van der Waals surface area contributed by atoms with E-state index in [1.54, 1.807) is 0 Å². The van der Waals surface area contributed by atoms with Gasteiger partial charge in [0.15, 0.2) is 17.5 Å². The third-order valence-corrected chi connectivity index (χ3v) is 12.2. The van der Waals surface area contributed by atoms with Crippen molar-refractivity contribution in [1.29, 1.82) is 0 Å². The van der Waals surface area contributed by atoms with Crippen LogP contribution in [0.4, 0.5) is 0 Å². The highest BCUT2D eigenvalue weighted by Gasteiger charge is 2.18. The van der Waals surface area contributed by atoms with Crippen molar-refractivity contribution in [3.63, 3.8) is 0 Å². The van der Waals surface area contributed by atoms with Gasteiger partial charge in [-0.2, -0.15) is 0 Å². The first-order chi connectivity index (χ1) is 28.2. The van der Waals surface area contributed by atoms with E-state index in [1.165, 1.54) is 53.2 Å². The lowest BCUT2D eigenvalue weighted by atomic mass is 10.00. The van der Waals surface area contributed by atoms with Crippen molar-refractivity contribution in [3.05, 3.63) is 182 Å². The number of fused-ring (bicyclic) bond motifs is 9. The predicted octanol–water partition coefficient (Wildman–Crippen LogP) is 13.9. The Morgan fingerprint density at radius 2 is 0.947 bits per heavy atom. The Kier molecular flexibility index (Phi) is 7.03. The molecular weight excluding hydrogens is 717 g/mol. The van der Waals surface area contributed by atoms with E-state index in [0.717, 1.165) is 44.2 Å². The molecule has 8 aromatic carbocycles. The van der Waals surface area contributed by atoms with Gasteiger partial charge in [-0.25, -0.2) is 15.0 Å². The Labute approximate surface area is 330 Å². The molecule has 5 nitrogen and oxygen atoms in total. The number of para-hydroxylation sites is 2. The molecule has 4 heterocycles. The first-order valence-corrected chi connectivity index (χ1v) is 19.8. The van der Waals surface area contributed by atoms with Gasteiger partial charge in [0.05, 0.1) is 16.7 Å². The minimum Gasteiger partial charge on any atom is -0.456 e. The smallest absolute Gasteiger partial charge is 0.164 e. The van der Waals surface area contributed by atoms with Gasteiger partial charge < -0.3 is 8.98 Å². The van der Waals surface area contributed by atoms with Crippen molar-refractivity contribution >= 4 is 75.3 Å². The molecule has 0 bridgehead atoms. The Bertz CT molecular complexity index is 3420. The Morgan fingerprint density at radius 1 is 0.368 bits per heavy atom. The van der Waals surface area contributed by atoms with Crippen molar-refractivity contribution in [3.8, 4) is 51.0 Å². The van der Waals surface area contributed by atoms with E-state index in [1.807, 2.05) is 78.1 Å². The number of nitrogens with zero attached hydrogens (tertiary/aromatic N) is 4. The summed E-state index contributed by atoms with van der Waals surface area (Å²) in [5, 5.41) is 7.18. The highest BCUT2D eigenvalue weighted by molar-refractivity contribution is 7.25. The third kappa shape index (κ3) is 5.12. The summed E-state index contributed by atoms with van der Waals surface area (Å²) in [6.07, 6.45) is 0. The van der Waals surface area contributed by atoms with E-state index in [9.17, 15) is 0 Å². The van der Waals surface area contributed by atoms with Crippen LogP contribution in [0.5, 0.6) is 0 Å². The second kappa shape index (κ2) is 12.6. The van der Waals surface area contributed by atoms with Gasteiger partial charge in [0.25, 0.3) is 0 Å². The largest absolute Gasteiger partial charge is 0.456 e. The van der Waals surface area contributed by atoms with Gasteiger partial charge in [-0.1, -0.05) is 121 Å². The maximum atomic E-state index is 6.51. The standard InChI is InChI=1S/C51H30N4OS/c1-3-12-31(13-4-1)49-52-50(32-14-5-2-6-15-32)54-51(53-49)35-22-25-38-39-28-33(23-26-44(39)56-45(38)30-35)34-24-27-46-40(29-34)48-43(20-11-21-47(48)57-46)55-41-18-9-7-16-36(41)37-17-8-10-19-42(37)55/h1-30H. The number of furan rings is 1.